The number of hydrogen-bond donors (Lipinski definition) is 18. The molecule has 0 aromatic carbocycles. The fraction of sp³-hybridized carbons (Fsp3) is 0.949. The van der Waals surface area contributed by atoms with Gasteiger partial charge in [0, 0.05) is 13.8 Å². The molecule has 0 saturated carbocycles. The Morgan fingerprint density at radius 3 is 1.40 bits per heavy atom. The Morgan fingerprint density at radius 2 is 0.814 bits per heavy atom. The maximum Gasteiger partial charge on any atom is 0.217 e. The fourth-order valence-corrected chi connectivity index (χ4v) is 8.94. The summed E-state index contributed by atoms with van der Waals surface area (Å²) in [6, 6.07) is -3.30. The molecule has 0 aromatic rings. The molecule has 6 saturated heterocycles. The summed E-state index contributed by atoms with van der Waals surface area (Å²) in [6.45, 7) is -1.16. The van der Waals surface area contributed by atoms with E-state index in [4.69, 9.17) is 52.1 Å². The molecule has 0 spiro atoms. The van der Waals surface area contributed by atoms with E-state index in [9.17, 15) is 91.3 Å². The van der Waals surface area contributed by atoms with E-state index in [1.54, 1.807) is 0 Å². The van der Waals surface area contributed by atoms with E-state index in [-0.39, 0.29) is 0 Å². The summed E-state index contributed by atoms with van der Waals surface area (Å²) in [5.41, 5.74) is 0. The van der Waals surface area contributed by atoms with Crippen LogP contribution < -0.4 is 10.6 Å². The Kier molecular flexibility index (Phi) is 20.0. The molecule has 0 aliphatic carbocycles. The lowest BCUT2D eigenvalue weighted by Crippen LogP contribution is -2.70. The van der Waals surface area contributed by atoms with Crippen LogP contribution in [0.25, 0.3) is 0 Å². The fourth-order valence-electron chi connectivity index (χ4n) is 8.94. The van der Waals surface area contributed by atoms with Crippen LogP contribution in [-0.2, 0) is 61.7 Å². The summed E-state index contributed by atoms with van der Waals surface area (Å²) in [4.78, 5) is 24.6. The van der Waals surface area contributed by atoms with Gasteiger partial charge < -0.3 is 144 Å². The number of nitrogens with one attached hydrogen (secondary N) is 2. The molecular weight excluding hydrogens is 960 g/mol. The van der Waals surface area contributed by atoms with Crippen LogP contribution in [0.2, 0.25) is 0 Å². The van der Waals surface area contributed by atoms with Gasteiger partial charge in [0.15, 0.2) is 37.7 Å². The second-order valence-electron chi connectivity index (χ2n) is 17.8. The minimum Gasteiger partial charge on any atom is -0.394 e. The lowest BCUT2D eigenvalue weighted by molar-refractivity contribution is -0.396. The first-order valence-corrected chi connectivity index (χ1v) is 22.4. The summed E-state index contributed by atoms with van der Waals surface area (Å²) in [5, 5.41) is 176. The van der Waals surface area contributed by atoms with Crippen molar-refractivity contribution in [3.8, 4) is 0 Å². The molecule has 6 aliphatic rings. The van der Waals surface area contributed by atoms with E-state index in [0.717, 1.165) is 13.8 Å². The summed E-state index contributed by atoms with van der Waals surface area (Å²) in [7, 11) is 0. The van der Waals surface area contributed by atoms with Crippen molar-refractivity contribution in [3.63, 3.8) is 0 Å². The lowest BCUT2D eigenvalue weighted by atomic mass is 9.93. The zero-order valence-corrected chi connectivity index (χ0v) is 37.7. The minimum absolute atomic E-state index is 0.712. The van der Waals surface area contributed by atoms with E-state index in [1.165, 1.54) is 6.92 Å². The summed E-state index contributed by atoms with van der Waals surface area (Å²) in [6.07, 6.45) is -49.7. The summed E-state index contributed by atoms with van der Waals surface area (Å²) in [5.74, 6) is -1.54. The van der Waals surface area contributed by atoms with Crippen LogP contribution in [0.15, 0.2) is 0 Å². The molecule has 31 heteroatoms. The van der Waals surface area contributed by atoms with Crippen molar-refractivity contribution in [1.82, 2.24) is 10.6 Å². The van der Waals surface area contributed by atoms with Gasteiger partial charge in [0.25, 0.3) is 0 Å². The molecule has 6 aliphatic heterocycles. The molecule has 18 N–H and O–H groups in total. The van der Waals surface area contributed by atoms with Crippen LogP contribution in [0.3, 0.4) is 0 Å². The van der Waals surface area contributed by atoms with Gasteiger partial charge in [0.1, 0.15) is 134 Å². The number of aliphatic hydroxyl groups excluding tert-OH is 16. The van der Waals surface area contributed by atoms with Gasteiger partial charge in [-0.05, 0) is 6.92 Å². The minimum atomic E-state index is -2.15. The highest BCUT2D eigenvalue weighted by molar-refractivity contribution is 5.73. The van der Waals surface area contributed by atoms with Crippen molar-refractivity contribution in [2.24, 2.45) is 0 Å². The largest absolute Gasteiger partial charge is 0.394 e. The molecule has 2 amide bonds. The number of carbonyl (C=O) groups excluding carboxylic acids is 2. The van der Waals surface area contributed by atoms with Crippen molar-refractivity contribution in [3.05, 3.63) is 0 Å². The first-order chi connectivity index (χ1) is 33.1. The average molecular weight is 1030 g/mol. The van der Waals surface area contributed by atoms with Crippen LogP contribution in [0.4, 0.5) is 0 Å². The van der Waals surface area contributed by atoms with Crippen molar-refractivity contribution >= 4 is 11.8 Å². The molecule has 31 nitrogen and oxygen atoms in total. The topological polar surface area (TPSA) is 483 Å². The number of ether oxygens (including phenoxy) is 11. The van der Waals surface area contributed by atoms with E-state index >= 15 is 0 Å². The first kappa shape index (κ1) is 57.1. The first-order valence-electron chi connectivity index (χ1n) is 22.4. The second-order valence-corrected chi connectivity index (χ2v) is 17.8. The van der Waals surface area contributed by atoms with Crippen molar-refractivity contribution in [2.75, 3.05) is 33.0 Å². The summed E-state index contributed by atoms with van der Waals surface area (Å²) < 4.78 is 64.1. The van der Waals surface area contributed by atoms with Gasteiger partial charge >= 0.3 is 0 Å². The van der Waals surface area contributed by atoms with Gasteiger partial charge in [-0.2, -0.15) is 0 Å². The second kappa shape index (κ2) is 24.5. The van der Waals surface area contributed by atoms with Gasteiger partial charge in [0.05, 0.1) is 39.1 Å². The lowest BCUT2D eigenvalue weighted by Gasteiger charge is -2.51. The van der Waals surface area contributed by atoms with Gasteiger partial charge in [-0.15, -0.1) is 0 Å². The standard InChI is InChI=1S/C39H66N2O29/c1-9-19(48)25(54)29(58)37(61-9)69-32-22(51)16(8-60-36-28(57)26(55)20(49)12(4-42)63-36)66-39(33(32)70-38-27(56)21(50)13(5-43)64-38)68-31-15(7-45)65-35(18(24(31)53)41-11(3)47)67-30-14(6-44)62-34(59)17(23(30)52)40-10(2)46/h9,12-39,42-45,48-59H,4-8H2,1-3H3,(H,40,46)(H,41,47)/t9-,12+,13+,14+,15+,16+,17+,18+,19+,20+,21-,22+,23+,24+,25+,26-,27+,28-,29-,30+,31+,32-,33-,34+,35-,36-,37-,38-,39-/m0/s1. The quantitative estimate of drug-likeness (QED) is 0.0643. The molecule has 0 unspecified atom stereocenters. The predicted octanol–water partition coefficient (Wildman–Crippen LogP) is -12.1. The van der Waals surface area contributed by atoms with E-state index in [1.807, 2.05) is 0 Å². The van der Waals surface area contributed by atoms with Crippen LogP contribution in [0, 0.1) is 0 Å². The predicted molar refractivity (Wildman–Crippen MR) is 215 cm³/mol. The molecule has 29 atom stereocenters. The molecule has 0 bridgehead atoms. The van der Waals surface area contributed by atoms with Gasteiger partial charge in [-0.1, -0.05) is 0 Å². The average Bonchev–Trinajstić information content (AvgIpc) is 3.59. The Morgan fingerprint density at radius 1 is 0.400 bits per heavy atom. The van der Waals surface area contributed by atoms with Crippen molar-refractivity contribution < 1.29 is 143 Å². The van der Waals surface area contributed by atoms with E-state index in [2.05, 4.69) is 10.6 Å². The Bertz CT molecular complexity index is 1680. The van der Waals surface area contributed by atoms with Crippen LogP contribution in [0.1, 0.15) is 20.8 Å². The molecule has 6 fully saturated rings. The molecule has 6 rings (SSSR count). The smallest absolute Gasteiger partial charge is 0.217 e. The van der Waals surface area contributed by atoms with Gasteiger partial charge in [-0.3, -0.25) is 9.59 Å². The van der Waals surface area contributed by atoms with Crippen LogP contribution in [-0.4, -0.2) is 305 Å². The highest BCUT2D eigenvalue weighted by atomic mass is 16.8. The van der Waals surface area contributed by atoms with Crippen LogP contribution >= 0.6 is 0 Å². The van der Waals surface area contributed by atoms with Crippen LogP contribution in [0.5, 0.6) is 0 Å². The maximum absolute atomic E-state index is 12.7. The number of hydrogen-bond acceptors (Lipinski definition) is 29. The maximum atomic E-state index is 12.7. The zero-order chi connectivity index (χ0) is 51.6. The van der Waals surface area contributed by atoms with E-state index in [0.29, 0.717) is 0 Å². The molecule has 70 heavy (non-hydrogen) atoms. The molecule has 0 aromatic heterocycles. The third-order valence-corrected chi connectivity index (χ3v) is 12.8. The Labute approximate surface area is 397 Å². The van der Waals surface area contributed by atoms with Crippen molar-refractivity contribution in [1.29, 1.82) is 0 Å². The monoisotopic (exact) mass is 1030 g/mol. The van der Waals surface area contributed by atoms with Gasteiger partial charge in [0.2, 0.25) is 11.8 Å². The highest BCUT2D eigenvalue weighted by Crippen LogP contribution is 2.38. The third kappa shape index (κ3) is 12.2. The highest BCUT2D eigenvalue weighted by Gasteiger charge is 2.58. The molecule has 6 heterocycles. The number of rotatable bonds is 17. The number of carbonyl (C=O) groups is 2. The van der Waals surface area contributed by atoms with Gasteiger partial charge in [-0.25, -0.2) is 0 Å². The van der Waals surface area contributed by atoms with Crippen molar-refractivity contribution in [2.45, 2.75) is 199 Å². The number of amides is 2. The molecule has 0 radical (unpaired) electrons. The molecular formula is C39H66N2O29. The van der Waals surface area contributed by atoms with E-state index < -0.39 is 223 Å². The Balaban J connectivity index is 1.36. The SMILES string of the molecule is CC(=O)N[C@@H]1[C@@H](O)[C@H](O[C@@H]2O[C@H](CO)[C@@H](O[C@@H]3O[C@H](CO[C@H]4O[C@H](CO)[C@@H](O)[C@H](O)[C@@H]4O)[C@@H](O)[C@H](O[C@@H]4O[C@@H](C)[C@@H](O)[C@@H](O)[C@@H]4O)[C@@H]3O[C@@H]3O[C@H](CO)[C@H](O)[C@H]3O)[C@H](O)[C@H]2NC(C)=O)[C@@H](CO)O[C@H]1O. The zero-order valence-electron chi connectivity index (χ0n) is 37.7. The Hall–Kier alpha value is -2.14. The molecule has 406 valence electrons. The summed E-state index contributed by atoms with van der Waals surface area (Å²) >= 11 is 0. The third-order valence-electron chi connectivity index (χ3n) is 12.8. The number of aliphatic hydroxyl groups is 16. The normalized spacial score (nSPS) is 50.1.